The van der Waals surface area contributed by atoms with Crippen LogP contribution in [-0.4, -0.2) is 26.9 Å². The lowest BCUT2D eigenvalue weighted by atomic mass is 10.0. The Kier molecular flexibility index (Phi) is 4.29. The zero-order chi connectivity index (χ0) is 15.6. The summed E-state index contributed by atoms with van der Waals surface area (Å²) in [5, 5.41) is 10.3. The van der Waals surface area contributed by atoms with E-state index in [-0.39, 0.29) is 10.5 Å². The Morgan fingerprint density at radius 1 is 1.14 bits per heavy atom. The monoisotopic (exact) mass is 310 g/mol. The van der Waals surface area contributed by atoms with Gasteiger partial charge >= 0.3 is 0 Å². The Balaban J connectivity index is 2.40. The van der Waals surface area contributed by atoms with Crippen LogP contribution < -0.4 is 4.74 Å². The van der Waals surface area contributed by atoms with E-state index < -0.39 is 21.8 Å². The van der Waals surface area contributed by atoms with Crippen LogP contribution in [0.5, 0.6) is 5.75 Å². The molecule has 0 spiro atoms. The number of halogens is 1. The van der Waals surface area contributed by atoms with Crippen LogP contribution in [0.25, 0.3) is 0 Å². The molecule has 1 unspecified atom stereocenters. The molecule has 112 valence electrons. The maximum absolute atomic E-state index is 13.3. The molecule has 1 atom stereocenters. The number of ether oxygens (including phenoxy) is 1. The average molecular weight is 310 g/mol. The second kappa shape index (κ2) is 5.83. The van der Waals surface area contributed by atoms with Gasteiger partial charge in [-0.05, 0) is 35.9 Å². The molecule has 0 aliphatic rings. The molecule has 0 fully saturated rings. The predicted molar refractivity (Wildman–Crippen MR) is 76.6 cm³/mol. The van der Waals surface area contributed by atoms with E-state index in [0.717, 1.165) is 6.26 Å². The summed E-state index contributed by atoms with van der Waals surface area (Å²) in [6.45, 7) is 0. The van der Waals surface area contributed by atoms with E-state index in [2.05, 4.69) is 0 Å². The Morgan fingerprint density at radius 3 is 2.29 bits per heavy atom. The number of hydrogen-bond donors (Lipinski definition) is 1. The summed E-state index contributed by atoms with van der Waals surface area (Å²) in [5.41, 5.74) is 0.732. The minimum Gasteiger partial charge on any atom is -0.496 e. The molecule has 21 heavy (non-hydrogen) atoms. The van der Waals surface area contributed by atoms with Crippen molar-refractivity contribution in [3.63, 3.8) is 0 Å². The highest BCUT2D eigenvalue weighted by molar-refractivity contribution is 7.90. The Bertz CT molecular complexity index is 739. The van der Waals surface area contributed by atoms with E-state index in [9.17, 15) is 17.9 Å². The maximum Gasteiger partial charge on any atom is 0.175 e. The molecule has 0 saturated carbocycles. The molecule has 1 N–H and O–H groups in total. The van der Waals surface area contributed by atoms with Gasteiger partial charge in [-0.15, -0.1) is 0 Å². The summed E-state index contributed by atoms with van der Waals surface area (Å²) in [5.74, 6) is -0.131. The van der Waals surface area contributed by atoms with Crippen LogP contribution in [0.3, 0.4) is 0 Å². The SMILES string of the molecule is COc1ccc(F)cc1C(O)c1ccc(S(C)(=O)=O)cc1. The molecular formula is C15H15FO4S. The van der Waals surface area contributed by atoms with Crippen LogP contribution in [0.2, 0.25) is 0 Å². The number of methoxy groups -OCH3 is 1. The molecular weight excluding hydrogens is 295 g/mol. The maximum atomic E-state index is 13.3. The lowest BCUT2D eigenvalue weighted by Crippen LogP contribution is -2.04. The highest BCUT2D eigenvalue weighted by Gasteiger charge is 2.17. The Morgan fingerprint density at radius 2 is 1.76 bits per heavy atom. The smallest absolute Gasteiger partial charge is 0.175 e. The Hall–Kier alpha value is -1.92. The van der Waals surface area contributed by atoms with Crippen molar-refractivity contribution in [2.45, 2.75) is 11.0 Å². The quantitative estimate of drug-likeness (QED) is 0.941. The highest BCUT2D eigenvalue weighted by Crippen LogP contribution is 2.31. The van der Waals surface area contributed by atoms with E-state index in [0.29, 0.717) is 11.3 Å². The molecule has 4 nitrogen and oxygen atoms in total. The van der Waals surface area contributed by atoms with Crippen LogP contribution in [0.1, 0.15) is 17.2 Å². The molecule has 0 aliphatic carbocycles. The molecule has 0 heterocycles. The molecule has 0 amide bonds. The van der Waals surface area contributed by atoms with Crippen LogP contribution in [-0.2, 0) is 9.84 Å². The molecule has 0 saturated heterocycles. The van der Waals surface area contributed by atoms with Crippen LogP contribution in [0, 0.1) is 5.82 Å². The number of sulfone groups is 1. The van der Waals surface area contributed by atoms with Crippen molar-refractivity contribution in [3.05, 3.63) is 59.4 Å². The van der Waals surface area contributed by atoms with Crippen LogP contribution in [0.15, 0.2) is 47.4 Å². The van der Waals surface area contributed by atoms with Gasteiger partial charge in [-0.25, -0.2) is 12.8 Å². The molecule has 2 aromatic carbocycles. The van der Waals surface area contributed by atoms with Crippen molar-refractivity contribution in [1.82, 2.24) is 0 Å². The largest absolute Gasteiger partial charge is 0.496 e. The first kappa shape index (κ1) is 15.5. The standard InChI is InChI=1S/C15H15FO4S/c1-20-14-8-5-11(16)9-13(14)15(17)10-3-6-12(7-4-10)21(2,18)19/h3-9,15,17H,1-2H3. The van der Waals surface area contributed by atoms with Gasteiger partial charge in [-0.3, -0.25) is 0 Å². The third-order valence-corrected chi connectivity index (χ3v) is 4.24. The second-order valence-corrected chi connectivity index (χ2v) is 6.65. The van der Waals surface area contributed by atoms with Gasteiger partial charge in [0.15, 0.2) is 9.84 Å². The number of aliphatic hydroxyl groups excluding tert-OH is 1. The molecule has 0 bridgehead atoms. The lowest BCUT2D eigenvalue weighted by Gasteiger charge is -2.15. The number of hydrogen-bond acceptors (Lipinski definition) is 4. The van der Waals surface area contributed by atoms with Crippen LogP contribution >= 0.6 is 0 Å². The summed E-state index contributed by atoms with van der Waals surface area (Å²) >= 11 is 0. The van der Waals surface area contributed by atoms with Gasteiger partial charge in [-0.1, -0.05) is 12.1 Å². The molecule has 2 aromatic rings. The second-order valence-electron chi connectivity index (χ2n) is 4.63. The third kappa shape index (κ3) is 3.40. The topological polar surface area (TPSA) is 63.6 Å². The predicted octanol–water partition coefficient (Wildman–Crippen LogP) is 2.32. The normalized spacial score (nSPS) is 13.0. The highest BCUT2D eigenvalue weighted by atomic mass is 32.2. The number of aliphatic hydroxyl groups is 1. The van der Waals surface area contributed by atoms with Gasteiger partial charge in [0.05, 0.1) is 12.0 Å². The van der Waals surface area contributed by atoms with Crippen molar-refractivity contribution in [1.29, 1.82) is 0 Å². The minimum absolute atomic E-state index is 0.157. The fourth-order valence-corrected chi connectivity index (χ4v) is 2.63. The summed E-state index contributed by atoms with van der Waals surface area (Å²) in [4.78, 5) is 0.157. The van der Waals surface area contributed by atoms with Gasteiger partial charge in [-0.2, -0.15) is 0 Å². The van der Waals surface area contributed by atoms with Crippen molar-refractivity contribution < 1.29 is 22.7 Å². The lowest BCUT2D eigenvalue weighted by molar-refractivity contribution is 0.214. The summed E-state index contributed by atoms with van der Waals surface area (Å²) in [7, 11) is -1.87. The van der Waals surface area contributed by atoms with E-state index in [1.165, 1.54) is 49.6 Å². The van der Waals surface area contributed by atoms with Gasteiger partial charge in [0, 0.05) is 11.8 Å². The average Bonchev–Trinajstić information content (AvgIpc) is 2.45. The number of benzene rings is 2. The van der Waals surface area contributed by atoms with E-state index in [4.69, 9.17) is 4.74 Å². The van der Waals surface area contributed by atoms with E-state index >= 15 is 0 Å². The molecule has 0 aromatic heterocycles. The summed E-state index contributed by atoms with van der Waals surface area (Å²) in [6, 6.07) is 9.64. The fourth-order valence-electron chi connectivity index (χ4n) is 2.00. The third-order valence-electron chi connectivity index (χ3n) is 3.11. The first-order valence-corrected chi connectivity index (χ1v) is 8.03. The zero-order valence-corrected chi connectivity index (χ0v) is 12.4. The van der Waals surface area contributed by atoms with E-state index in [1.54, 1.807) is 0 Å². The molecule has 2 rings (SSSR count). The zero-order valence-electron chi connectivity index (χ0n) is 11.6. The number of rotatable bonds is 4. The first-order chi connectivity index (χ1) is 9.82. The van der Waals surface area contributed by atoms with Gasteiger partial charge in [0.25, 0.3) is 0 Å². The van der Waals surface area contributed by atoms with Gasteiger partial charge < -0.3 is 9.84 Å². The van der Waals surface area contributed by atoms with Crippen LogP contribution in [0.4, 0.5) is 4.39 Å². The Labute approximate surface area is 122 Å². The molecule has 6 heteroatoms. The minimum atomic E-state index is -3.30. The van der Waals surface area contributed by atoms with Crippen molar-refractivity contribution >= 4 is 9.84 Å². The van der Waals surface area contributed by atoms with Gasteiger partial charge in [0.2, 0.25) is 0 Å². The van der Waals surface area contributed by atoms with E-state index in [1.807, 2.05) is 0 Å². The van der Waals surface area contributed by atoms with Crippen molar-refractivity contribution in [2.75, 3.05) is 13.4 Å². The van der Waals surface area contributed by atoms with Crippen molar-refractivity contribution in [2.24, 2.45) is 0 Å². The summed E-state index contributed by atoms with van der Waals surface area (Å²) < 4.78 is 41.2. The summed E-state index contributed by atoms with van der Waals surface area (Å²) in [6.07, 6.45) is -0.00197. The van der Waals surface area contributed by atoms with Gasteiger partial charge in [0.1, 0.15) is 17.7 Å². The molecule has 0 aliphatic heterocycles. The molecule has 0 radical (unpaired) electrons. The van der Waals surface area contributed by atoms with Crippen molar-refractivity contribution in [3.8, 4) is 5.75 Å². The first-order valence-electron chi connectivity index (χ1n) is 6.14. The fraction of sp³-hybridized carbons (Fsp3) is 0.200.